The highest BCUT2D eigenvalue weighted by Gasteiger charge is 2.10. The second-order valence-electron chi connectivity index (χ2n) is 2.86. The predicted molar refractivity (Wildman–Crippen MR) is 53.7 cm³/mol. The Morgan fingerprint density at radius 3 is 2.57 bits per heavy atom. The van der Waals surface area contributed by atoms with Crippen molar-refractivity contribution in [3.8, 4) is 0 Å². The first kappa shape index (κ1) is 10.2. The zero-order valence-electron chi connectivity index (χ0n) is 7.86. The lowest BCUT2D eigenvalue weighted by Gasteiger charge is -2.10. The lowest BCUT2D eigenvalue weighted by Crippen LogP contribution is -2.37. The number of anilines is 1. The van der Waals surface area contributed by atoms with Gasteiger partial charge in [-0.25, -0.2) is 0 Å². The first-order chi connectivity index (χ1) is 6.74. The molecule has 1 rings (SSSR count). The third-order valence-corrected chi connectivity index (χ3v) is 1.75. The molecule has 0 radical (unpaired) electrons. The largest absolute Gasteiger partial charge is 0.347 e. The van der Waals surface area contributed by atoms with E-state index < -0.39 is 6.04 Å². The topological polar surface area (TPSA) is 58.2 Å². The standard InChI is InChI=1S/C10H12N2O2/c1-8(11-7-13)10(14)12-9-5-3-2-4-6-9/h2-8H,1H3,(H,11,13)(H,12,14)/t8-/m0/s1. The van der Waals surface area contributed by atoms with Crippen LogP contribution in [0.2, 0.25) is 0 Å². The molecule has 14 heavy (non-hydrogen) atoms. The molecule has 0 unspecified atom stereocenters. The molecule has 0 heterocycles. The molecule has 0 aliphatic heterocycles. The molecule has 0 saturated heterocycles. The van der Waals surface area contributed by atoms with Gasteiger partial charge in [-0.2, -0.15) is 0 Å². The van der Waals surface area contributed by atoms with Crippen LogP contribution in [0.3, 0.4) is 0 Å². The maximum Gasteiger partial charge on any atom is 0.246 e. The van der Waals surface area contributed by atoms with Gasteiger partial charge < -0.3 is 10.6 Å². The van der Waals surface area contributed by atoms with Gasteiger partial charge in [0.05, 0.1) is 0 Å². The molecule has 2 amide bonds. The summed E-state index contributed by atoms with van der Waals surface area (Å²) < 4.78 is 0. The summed E-state index contributed by atoms with van der Waals surface area (Å²) in [4.78, 5) is 21.5. The number of carbonyl (C=O) groups is 2. The number of nitrogens with one attached hydrogen (secondary N) is 2. The van der Waals surface area contributed by atoms with Gasteiger partial charge >= 0.3 is 0 Å². The maximum absolute atomic E-state index is 11.4. The van der Waals surface area contributed by atoms with Gasteiger partial charge in [-0.1, -0.05) is 18.2 Å². The lowest BCUT2D eigenvalue weighted by atomic mass is 10.3. The molecule has 74 valence electrons. The van der Waals surface area contributed by atoms with Crippen molar-refractivity contribution in [1.29, 1.82) is 0 Å². The fraction of sp³-hybridized carbons (Fsp3) is 0.200. The van der Waals surface area contributed by atoms with Crippen LogP contribution in [-0.4, -0.2) is 18.4 Å². The van der Waals surface area contributed by atoms with Gasteiger partial charge in [0, 0.05) is 5.69 Å². The molecule has 0 fully saturated rings. The van der Waals surface area contributed by atoms with Gasteiger partial charge in [0.2, 0.25) is 12.3 Å². The summed E-state index contributed by atoms with van der Waals surface area (Å²) in [5.41, 5.74) is 0.719. The molecule has 4 nitrogen and oxygen atoms in total. The van der Waals surface area contributed by atoms with Crippen molar-refractivity contribution in [1.82, 2.24) is 5.32 Å². The molecule has 1 atom stereocenters. The first-order valence-electron chi connectivity index (χ1n) is 4.29. The second kappa shape index (κ2) is 5.01. The highest BCUT2D eigenvalue weighted by molar-refractivity contribution is 5.95. The molecule has 2 N–H and O–H groups in total. The molecule has 1 aromatic carbocycles. The molecule has 0 aromatic heterocycles. The third kappa shape index (κ3) is 2.90. The SMILES string of the molecule is C[C@H](NC=O)C(=O)Nc1ccccc1. The lowest BCUT2D eigenvalue weighted by molar-refractivity contribution is -0.120. The Bertz CT molecular complexity index is 311. The zero-order chi connectivity index (χ0) is 10.4. The van der Waals surface area contributed by atoms with Crippen molar-refractivity contribution in [3.05, 3.63) is 30.3 Å². The van der Waals surface area contributed by atoms with Gasteiger partial charge in [-0.3, -0.25) is 9.59 Å². The van der Waals surface area contributed by atoms with E-state index in [1.807, 2.05) is 18.2 Å². The smallest absolute Gasteiger partial charge is 0.246 e. The zero-order valence-corrected chi connectivity index (χ0v) is 7.86. The molecular weight excluding hydrogens is 180 g/mol. The van der Waals surface area contributed by atoms with Gasteiger partial charge in [0.15, 0.2) is 0 Å². The van der Waals surface area contributed by atoms with Crippen LogP contribution in [0.4, 0.5) is 5.69 Å². The summed E-state index contributed by atoms with van der Waals surface area (Å²) in [6.07, 6.45) is 0.509. The Morgan fingerprint density at radius 1 is 1.36 bits per heavy atom. The quantitative estimate of drug-likeness (QED) is 0.692. The molecule has 0 aliphatic carbocycles. The summed E-state index contributed by atoms with van der Waals surface area (Å²) >= 11 is 0. The molecule has 0 aliphatic rings. The van der Waals surface area contributed by atoms with Crippen molar-refractivity contribution < 1.29 is 9.59 Å². The number of benzene rings is 1. The van der Waals surface area contributed by atoms with Crippen LogP contribution < -0.4 is 10.6 Å². The Labute approximate surface area is 82.3 Å². The van der Waals surface area contributed by atoms with Crippen molar-refractivity contribution >= 4 is 18.0 Å². The Morgan fingerprint density at radius 2 is 2.00 bits per heavy atom. The predicted octanol–water partition coefficient (Wildman–Crippen LogP) is 0.760. The van der Waals surface area contributed by atoms with Crippen molar-refractivity contribution in [2.75, 3.05) is 5.32 Å². The highest BCUT2D eigenvalue weighted by atomic mass is 16.2. The summed E-state index contributed by atoms with van der Waals surface area (Å²) in [5, 5.41) is 5.04. The summed E-state index contributed by atoms with van der Waals surface area (Å²) in [6, 6.07) is 8.56. The highest BCUT2D eigenvalue weighted by Crippen LogP contribution is 2.04. The minimum Gasteiger partial charge on any atom is -0.347 e. The minimum absolute atomic E-state index is 0.233. The van der Waals surface area contributed by atoms with Crippen LogP contribution in [-0.2, 0) is 9.59 Å². The second-order valence-corrected chi connectivity index (χ2v) is 2.86. The van der Waals surface area contributed by atoms with Crippen LogP contribution in [0.15, 0.2) is 30.3 Å². The Balaban J connectivity index is 2.53. The van der Waals surface area contributed by atoms with Crippen molar-refractivity contribution in [2.24, 2.45) is 0 Å². The van der Waals surface area contributed by atoms with Crippen molar-refractivity contribution in [3.63, 3.8) is 0 Å². The molecule has 0 saturated carbocycles. The van der Waals surface area contributed by atoms with E-state index >= 15 is 0 Å². The van der Waals surface area contributed by atoms with E-state index in [0.29, 0.717) is 6.41 Å². The molecule has 0 bridgehead atoms. The van der Waals surface area contributed by atoms with Gasteiger partial charge in [-0.15, -0.1) is 0 Å². The monoisotopic (exact) mass is 192 g/mol. The summed E-state index contributed by atoms with van der Waals surface area (Å²) in [6.45, 7) is 1.62. The van der Waals surface area contributed by atoms with E-state index in [-0.39, 0.29) is 5.91 Å². The van der Waals surface area contributed by atoms with Crippen LogP contribution in [0, 0.1) is 0 Å². The van der Waals surface area contributed by atoms with E-state index in [1.54, 1.807) is 19.1 Å². The average Bonchev–Trinajstić information content (AvgIpc) is 2.19. The summed E-state index contributed by atoms with van der Waals surface area (Å²) in [5.74, 6) is -0.233. The fourth-order valence-corrected chi connectivity index (χ4v) is 0.950. The van der Waals surface area contributed by atoms with Gasteiger partial charge in [0.1, 0.15) is 6.04 Å². The number of carbonyl (C=O) groups excluding carboxylic acids is 2. The molecule has 1 aromatic rings. The van der Waals surface area contributed by atoms with E-state index in [4.69, 9.17) is 0 Å². The number of hydrogen-bond donors (Lipinski definition) is 2. The van der Waals surface area contributed by atoms with E-state index in [1.165, 1.54) is 0 Å². The van der Waals surface area contributed by atoms with Gasteiger partial charge in [0.25, 0.3) is 0 Å². The van der Waals surface area contributed by atoms with Crippen LogP contribution in [0.1, 0.15) is 6.92 Å². The van der Waals surface area contributed by atoms with Crippen LogP contribution in [0.5, 0.6) is 0 Å². The number of rotatable bonds is 4. The van der Waals surface area contributed by atoms with E-state index in [2.05, 4.69) is 10.6 Å². The van der Waals surface area contributed by atoms with Crippen LogP contribution >= 0.6 is 0 Å². The van der Waals surface area contributed by atoms with E-state index in [9.17, 15) is 9.59 Å². The normalized spacial score (nSPS) is 11.5. The third-order valence-electron chi connectivity index (χ3n) is 1.75. The average molecular weight is 192 g/mol. The number of amides is 2. The number of para-hydroxylation sites is 1. The van der Waals surface area contributed by atoms with Gasteiger partial charge in [-0.05, 0) is 19.1 Å². The minimum atomic E-state index is -0.521. The van der Waals surface area contributed by atoms with E-state index in [0.717, 1.165) is 5.69 Å². The molecule has 4 heteroatoms. The fourth-order valence-electron chi connectivity index (χ4n) is 0.950. The molecule has 0 spiro atoms. The Kier molecular flexibility index (Phi) is 3.67. The first-order valence-corrected chi connectivity index (χ1v) is 4.29. The molecular formula is C10H12N2O2. The Hall–Kier alpha value is -1.84. The maximum atomic E-state index is 11.4. The van der Waals surface area contributed by atoms with Crippen molar-refractivity contribution in [2.45, 2.75) is 13.0 Å². The van der Waals surface area contributed by atoms with Crippen LogP contribution in [0.25, 0.3) is 0 Å². The summed E-state index contributed by atoms with van der Waals surface area (Å²) in [7, 11) is 0. The number of hydrogen-bond acceptors (Lipinski definition) is 2.